The Bertz CT molecular complexity index is 892. The van der Waals surface area contributed by atoms with Gasteiger partial charge in [0.15, 0.2) is 0 Å². The van der Waals surface area contributed by atoms with E-state index < -0.39 is 6.09 Å². The molecule has 0 fully saturated rings. The molecule has 0 aliphatic rings. The van der Waals surface area contributed by atoms with Crippen LogP contribution in [0, 0.1) is 0 Å². The average Bonchev–Trinajstić information content (AvgIpc) is 3.03. The van der Waals surface area contributed by atoms with E-state index in [1.807, 2.05) is 24.3 Å². The molecule has 0 saturated heterocycles. The van der Waals surface area contributed by atoms with Gasteiger partial charge in [0, 0.05) is 29.4 Å². The first-order chi connectivity index (χ1) is 11.6. The van der Waals surface area contributed by atoms with Crippen LogP contribution in [0.4, 0.5) is 4.79 Å². The van der Waals surface area contributed by atoms with Crippen molar-refractivity contribution in [1.82, 2.24) is 14.8 Å². The number of carboxylic acid groups (broad SMARTS) is 1. The van der Waals surface area contributed by atoms with Gasteiger partial charge in [0.2, 0.25) is 5.88 Å². The van der Waals surface area contributed by atoms with Crippen molar-refractivity contribution in [2.75, 3.05) is 7.11 Å². The smallest absolute Gasteiger partial charge is 0.432 e. The second-order valence-electron chi connectivity index (χ2n) is 5.16. The second-order valence-corrected chi connectivity index (χ2v) is 5.60. The zero-order valence-electron chi connectivity index (χ0n) is 12.8. The number of ether oxygens (including phenoxy) is 1. The van der Waals surface area contributed by atoms with Crippen molar-refractivity contribution in [3.63, 3.8) is 0 Å². The maximum Gasteiger partial charge on any atom is 0.432 e. The van der Waals surface area contributed by atoms with Crippen LogP contribution in [0.25, 0.3) is 11.1 Å². The number of methoxy groups -OCH3 is 1. The monoisotopic (exact) mass is 343 g/mol. The number of halogens is 1. The third-order valence-electron chi connectivity index (χ3n) is 3.48. The van der Waals surface area contributed by atoms with Gasteiger partial charge in [-0.05, 0) is 34.9 Å². The van der Waals surface area contributed by atoms with E-state index in [1.165, 1.54) is 12.4 Å². The lowest BCUT2D eigenvalue weighted by molar-refractivity contribution is 0.192. The minimum atomic E-state index is -1.12. The molecule has 122 valence electrons. The highest BCUT2D eigenvalue weighted by atomic mass is 35.5. The van der Waals surface area contributed by atoms with Crippen LogP contribution in [0.5, 0.6) is 5.88 Å². The lowest BCUT2D eigenvalue weighted by atomic mass is 10.0. The van der Waals surface area contributed by atoms with Crippen molar-refractivity contribution in [3.8, 4) is 17.0 Å². The van der Waals surface area contributed by atoms with Gasteiger partial charge in [-0.3, -0.25) is 0 Å². The standard InChI is InChI=1S/C17H14ClN3O3/c1-24-16-15(13-3-2-4-14(18)7-13)6-11(8-19-16)5-12-9-20-21(10-12)17(22)23/h2-4,6-10H,5H2,1H3,(H,22,23). The number of hydrogen-bond acceptors (Lipinski definition) is 4. The summed E-state index contributed by atoms with van der Waals surface area (Å²) in [6.07, 6.45) is 4.10. The molecule has 0 spiro atoms. The number of pyridine rings is 1. The van der Waals surface area contributed by atoms with Crippen molar-refractivity contribution in [2.45, 2.75) is 6.42 Å². The Labute approximate surface area is 143 Å². The fourth-order valence-corrected chi connectivity index (χ4v) is 2.60. The maximum absolute atomic E-state index is 10.9. The summed E-state index contributed by atoms with van der Waals surface area (Å²) in [6, 6.07) is 9.39. The Balaban J connectivity index is 1.95. The third-order valence-corrected chi connectivity index (χ3v) is 3.71. The van der Waals surface area contributed by atoms with Gasteiger partial charge >= 0.3 is 6.09 Å². The lowest BCUT2D eigenvalue weighted by Crippen LogP contribution is -2.07. The average molecular weight is 344 g/mol. The summed E-state index contributed by atoms with van der Waals surface area (Å²) < 4.78 is 6.21. The number of benzene rings is 1. The third kappa shape index (κ3) is 3.38. The van der Waals surface area contributed by atoms with Gasteiger partial charge < -0.3 is 9.84 Å². The largest absolute Gasteiger partial charge is 0.481 e. The van der Waals surface area contributed by atoms with Crippen LogP contribution in [-0.4, -0.2) is 33.1 Å². The summed E-state index contributed by atoms with van der Waals surface area (Å²) in [5, 5.41) is 13.3. The van der Waals surface area contributed by atoms with Gasteiger partial charge in [-0.2, -0.15) is 9.78 Å². The summed E-state index contributed by atoms with van der Waals surface area (Å²) >= 11 is 6.06. The minimum Gasteiger partial charge on any atom is -0.481 e. The van der Waals surface area contributed by atoms with E-state index in [4.69, 9.17) is 21.4 Å². The Morgan fingerprint density at radius 1 is 1.29 bits per heavy atom. The number of aromatic nitrogens is 3. The van der Waals surface area contributed by atoms with E-state index in [2.05, 4.69) is 10.1 Å². The molecular weight excluding hydrogens is 330 g/mol. The molecule has 1 N–H and O–H groups in total. The Hall–Kier alpha value is -2.86. The molecule has 2 aromatic heterocycles. The van der Waals surface area contributed by atoms with Gasteiger partial charge in [-0.15, -0.1) is 0 Å². The Kier molecular flexibility index (Phi) is 4.48. The molecule has 0 unspecified atom stereocenters. The number of rotatable bonds is 4. The van der Waals surface area contributed by atoms with Crippen LogP contribution in [0.15, 0.2) is 48.9 Å². The van der Waals surface area contributed by atoms with Crippen LogP contribution in [0.1, 0.15) is 11.1 Å². The Morgan fingerprint density at radius 2 is 2.12 bits per heavy atom. The first-order valence-electron chi connectivity index (χ1n) is 7.12. The highest BCUT2D eigenvalue weighted by molar-refractivity contribution is 6.30. The molecule has 0 amide bonds. The molecule has 0 radical (unpaired) electrons. The van der Waals surface area contributed by atoms with Crippen molar-refractivity contribution >= 4 is 17.7 Å². The van der Waals surface area contributed by atoms with Crippen LogP contribution in [-0.2, 0) is 6.42 Å². The summed E-state index contributed by atoms with van der Waals surface area (Å²) in [5.41, 5.74) is 3.41. The molecule has 24 heavy (non-hydrogen) atoms. The molecule has 6 nitrogen and oxygen atoms in total. The van der Waals surface area contributed by atoms with E-state index in [9.17, 15) is 4.79 Å². The molecule has 0 atom stereocenters. The first kappa shape index (κ1) is 16.0. The quantitative estimate of drug-likeness (QED) is 0.781. The zero-order chi connectivity index (χ0) is 17.1. The zero-order valence-corrected chi connectivity index (χ0v) is 13.6. The van der Waals surface area contributed by atoms with E-state index in [1.54, 1.807) is 19.4 Å². The predicted molar refractivity (Wildman–Crippen MR) is 89.7 cm³/mol. The van der Waals surface area contributed by atoms with E-state index in [0.29, 0.717) is 17.3 Å². The van der Waals surface area contributed by atoms with Gasteiger partial charge in [0.05, 0.1) is 13.3 Å². The summed E-state index contributed by atoms with van der Waals surface area (Å²) in [6.45, 7) is 0. The highest BCUT2D eigenvalue weighted by Crippen LogP contribution is 2.31. The SMILES string of the molecule is COc1ncc(Cc2cnn(C(=O)O)c2)cc1-c1cccc(Cl)c1. The van der Waals surface area contributed by atoms with Crippen LogP contribution in [0.2, 0.25) is 5.02 Å². The highest BCUT2D eigenvalue weighted by Gasteiger charge is 2.11. The van der Waals surface area contributed by atoms with Gasteiger partial charge in [0.25, 0.3) is 0 Å². The van der Waals surface area contributed by atoms with E-state index in [0.717, 1.165) is 26.9 Å². The Morgan fingerprint density at radius 3 is 2.79 bits per heavy atom. The van der Waals surface area contributed by atoms with Crippen molar-refractivity contribution in [1.29, 1.82) is 0 Å². The van der Waals surface area contributed by atoms with Gasteiger partial charge in [-0.1, -0.05) is 23.7 Å². The fraction of sp³-hybridized carbons (Fsp3) is 0.118. The summed E-state index contributed by atoms with van der Waals surface area (Å²) in [4.78, 5) is 15.2. The molecule has 3 rings (SSSR count). The van der Waals surface area contributed by atoms with Crippen LogP contribution >= 0.6 is 11.6 Å². The predicted octanol–water partition coefficient (Wildman–Crippen LogP) is 3.72. The van der Waals surface area contributed by atoms with Gasteiger partial charge in [-0.25, -0.2) is 9.78 Å². The molecule has 7 heteroatoms. The van der Waals surface area contributed by atoms with E-state index >= 15 is 0 Å². The second kappa shape index (κ2) is 6.72. The molecular formula is C17H14ClN3O3. The normalized spacial score (nSPS) is 10.6. The number of carbonyl (C=O) groups is 1. The summed E-state index contributed by atoms with van der Waals surface area (Å²) in [7, 11) is 1.56. The molecule has 0 aliphatic carbocycles. The molecule has 1 aromatic carbocycles. The fourth-order valence-electron chi connectivity index (χ4n) is 2.41. The van der Waals surface area contributed by atoms with Crippen LogP contribution in [0.3, 0.4) is 0 Å². The molecule has 0 saturated carbocycles. The first-order valence-corrected chi connectivity index (χ1v) is 7.50. The molecule has 2 heterocycles. The molecule has 3 aromatic rings. The van der Waals surface area contributed by atoms with Crippen molar-refractivity contribution < 1.29 is 14.6 Å². The molecule has 0 aliphatic heterocycles. The molecule has 0 bridgehead atoms. The number of hydrogen-bond donors (Lipinski definition) is 1. The van der Waals surface area contributed by atoms with Crippen molar-refractivity contribution in [2.24, 2.45) is 0 Å². The minimum absolute atomic E-state index is 0.502. The van der Waals surface area contributed by atoms with E-state index in [-0.39, 0.29) is 0 Å². The summed E-state index contributed by atoms with van der Waals surface area (Å²) in [5.74, 6) is 0.502. The van der Waals surface area contributed by atoms with Crippen molar-refractivity contribution in [3.05, 3.63) is 65.1 Å². The van der Waals surface area contributed by atoms with Crippen LogP contribution < -0.4 is 4.74 Å². The maximum atomic E-state index is 10.9. The van der Waals surface area contributed by atoms with Gasteiger partial charge in [0.1, 0.15) is 0 Å². The lowest BCUT2D eigenvalue weighted by Gasteiger charge is -2.10. The topological polar surface area (TPSA) is 77.2 Å². The number of nitrogens with zero attached hydrogens (tertiary/aromatic N) is 3.